The number of carboxylic acid groups (broad SMARTS) is 1. The Bertz CT molecular complexity index is 1150. The second kappa shape index (κ2) is 10.7. The van der Waals surface area contributed by atoms with E-state index in [0.717, 1.165) is 69.8 Å². The Balaban J connectivity index is 1.27. The second-order valence-electron chi connectivity index (χ2n) is 17.3. The molecule has 0 amide bonds. The van der Waals surface area contributed by atoms with Crippen molar-refractivity contribution >= 4 is 5.97 Å². The van der Waals surface area contributed by atoms with E-state index in [1.807, 2.05) is 0 Å². The van der Waals surface area contributed by atoms with Gasteiger partial charge in [0.15, 0.2) is 6.29 Å². The molecule has 8 nitrogen and oxygen atoms in total. The Labute approximate surface area is 263 Å². The van der Waals surface area contributed by atoms with Crippen molar-refractivity contribution in [1.29, 1.82) is 0 Å². The smallest absolute Gasteiger partial charge is 0.309 e. The third-order valence-corrected chi connectivity index (χ3v) is 15.6. The molecule has 0 aromatic heterocycles. The van der Waals surface area contributed by atoms with Gasteiger partial charge in [0.2, 0.25) is 0 Å². The summed E-state index contributed by atoms with van der Waals surface area (Å²) in [6.07, 6.45) is 3.05. The Morgan fingerprint density at radius 1 is 0.841 bits per heavy atom. The second-order valence-corrected chi connectivity index (χ2v) is 17.3. The van der Waals surface area contributed by atoms with Gasteiger partial charge in [-0.05, 0) is 122 Å². The molecule has 8 heteroatoms. The third-order valence-electron chi connectivity index (χ3n) is 15.6. The van der Waals surface area contributed by atoms with Crippen LogP contribution in [0.5, 0.6) is 0 Å². The van der Waals surface area contributed by atoms with E-state index >= 15 is 0 Å². The number of fused-ring (bicyclic) bond motifs is 7. The van der Waals surface area contributed by atoms with E-state index in [4.69, 9.17) is 9.47 Å². The first kappa shape index (κ1) is 32.9. The Kier molecular flexibility index (Phi) is 8.03. The van der Waals surface area contributed by atoms with Gasteiger partial charge in [0, 0.05) is 0 Å². The van der Waals surface area contributed by atoms with E-state index in [1.165, 1.54) is 0 Å². The summed E-state index contributed by atoms with van der Waals surface area (Å²) < 4.78 is 12.2. The molecule has 1 heterocycles. The van der Waals surface area contributed by atoms with Gasteiger partial charge in [-0.15, -0.1) is 0 Å². The number of ether oxygens (including phenoxy) is 2. The van der Waals surface area contributed by atoms with Crippen LogP contribution < -0.4 is 0 Å². The molecule has 0 bridgehead atoms. The molecule has 0 unspecified atom stereocenters. The molecule has 6 fully saturated rings. The van der Waals surface area contributed by atoms with Crippen LogP contribution in [0.25, 0.3) is 0 Å². The molecule has 5 N–H and O–H groups in total. The number of carboxylic acids is 1. The van der Waals surface area contributed by atoms with E-state index in [2.05, 4.69) is 48.1 Å². The van der Waals surface area contributed by atoms with Crippen LogP contribution in [0.2, 0.25) is 0 Å². The van der Waals surface area contributed by atoms with Gasteiger partial charge in [0.1, 0.15) is 24.4 Å². The monoisotopic (exact) mass is 618 g/mol. The lowest BCUT2D eigenvalue weighted by Crippen LogP contribution is -2.67. The lowest BCUT2D eigenvalue weighted by molar-refractivity contribution is -0.331. The van der Waals surface area contributed by atoms with Crippen LogP contribution in [0.4, 0.5) is 0 Å². The Morgan fingerprint density at radius 3 is 2.18 bits per heavy atom. The maximum absolute atomic E-state index is 12.9. The number of rotatable bonds is 5. The zero-order valence-electron chi connectivity index (χ0n) is 27.8. The molecule has 5 saturated carbocycles. The number of allylic oxidation sites excluding steroid dienone is 1. The number of aliphatic hydroxyl groups is 4. The summed E-state index contributed by atoms with van der Waals surface area (Å²) in [6.45, 7) is 18.1. The summed E-state index contributed by atoms with van der Waals surface area (Å²) in [7, 11) is 0. The lowest BCUT2D eigenvalue weighted by Gasteiger charge is -2.73. The summed E-state index contributed by atoms with van der Waals surface area (Å²) in [5.41, 5.74) is 0.579. The molecule has 5 aliphatic carbocycles. The predicted octanol–water partition coefficient (Wildman–Crippen LogP) is 4.91. The van der Waals surface area contributed by atoms with Crippen LogP contribution in [0, 0.1) is 56.7 Å². The van der Waals surface area contributed by atoms with E-state index in [9.17, 15) is 30.3 Å². The first-order valence-electron chi connectivity index (χ1n) is 17.3. The fourth-order valence-electron chi connectivity index (χ4n) is 13.1. The molecule has 0 radical (unpaired) electrons. The molecule has 1 saturated heterocycles. The zero-order valence-corrected chi connectivity index (χ0v) is 27.8. The molecule has 0 spiro atoms. The highest BCUT2D eigenvalue weighted by Gasteiger charge is 2.72. The Hall–Kier alpha value is -1.03. The van der Waals surface area contributed by atoms with Gasteiger partial charge in [0.25, 0.3) is 0 Å². The van der Waals surface area contributed by atoms with Gasteiger partial charge in [-0.2, -0.15) is 0 Å². The van der Waals surface area contributed by atoms with Gasteiger partial charge in [-0.3, -0.25) is 4.79 Å². The van der Waals surface area contributed by atoms with Crippen LogP contribution in [0.1, 0.15) is 106 Å². The molecule has 15 atom stereocenters. The fourth-order valence-corrected chi connectivity index (χ4v) is 13.1. The van der Waals surface area contributed by atoms with E-state index < -0.39 is 48.7 Å². The Morgan fingerprint density at radius 2 is 1.55 bits per heavy atom. The lowest BCUT2D eigenvalue weighted by atomic mass is 9.32. The molecule has 44 heavy (non-hydrogen) atoms. The maximum atomic E-state index is 12.9. The third kappa shape index (κ3) is 4.26. The molecule has 1 aliphatic heterocycles. The normalized spacial score (nSPS) is 54.8. The van der Waals surface area contributed by atoms with Crippen LogP contribution in [-0.2, 0) is 14.3 Å². The number of aliphatic carboxylic acids is 1. The van der Waals surface area contributed by atoms with Crippen molar-refractivity contribution in [3.63, 3.8) is 0 Å². The van der Waals surface area contributed by atoms with E-state index in [0.29, 0.717) is 17.8 Å². The van der Waals surface area contributed by atoms with Crippen molar-refractivity contribution < 1.29 is 39.8 Å². The van der Waals surface area contributed by atoms with Crippen LogP contribution in [0.15, 0.2) is 12.2 Å². The first-order chi connectivity index (χ1) is 20.5. The van der Waals surface area contributed by atoms with Crippen molar-refractivity contribution in [2.45, 2.75) is 143 Å². The molecule has 6 rings (SSSR count). The van der Waals surface area contributed by atoms with Crippen LogP contribution >= 0.6 is 0 Å². The average molecular weight is 619 g/mol. The standard InChI is InChI=1S/C36H58O8/c1-19(2)20-10-15-36(31(41)42)17-16-34(6)21(26(20)36)8-9-24-33(5)13-12-25(32(3,4)23(33)11-14-35(24,34)7)44-30-29(40)28(39)27(38)22(18-37)43-30/h20-30,37-40H,1,8-18H2,2-7H3,(H,41,42)/t20-,21+,22+,23-,24+,25+,26+,27+,28-,29+,30-,33-,34+,35+,36-/m0/s1. The summed E-state index contributed by atoms with van der Waals surface area (Å²) in [4.78, 5) is 12.9. The molecule has 250 valence electrons. The number of carbonyl (C=O) groups is 1. The highest BCUT2D eigenvalue weighted by atomic mass is 16.7. The minimum atomic E-state index is -1.45. The van der Waals surface area contributed by atoms with E-state index in [-0.39, 0.29) is 39.6 Å². The van der Waals surface area contributed by atoms with Crippen molar-refractivity contribution in [3.8, 4) is 0 Å². The summed E-state index contributed by atoms with van der Waals surface area (Å²) in [5.74, 6) is 1.15. The summed E-state index contributed by atoms with van der Waals surface area (Å²) >= 11 is 0. The van der Waals surface area contributed by atoms with Crippen molar-refractivity contribution in [3.05, 3.63) is 12.2 Å². The number of aliphatic hydroxyl groups excluding tert-OH is 4. The SMILES string of the molecule is C=C(C)[C@@H]1CC[C@]2(C(=O)O)CC[C@]3(C)[C@H](CC[C@@H]4[C@@]5(C)CC[C@@H](O[C@@H]6O[C@H](CO)[C@@H](O)[C@H](O)[C@H]6O)C(C)(C)[C@@H]5CC[C@]43C)[C@@H]12. The molecular formula is C36H58O8. The van der Waals surface area contributed by atoms with Crippen LogP contribution in [-0.4, -0.2) is 74.9 Å². The van der Waals surface area contributed by atoms with Gasteiger partial charge in [0.05, 0.1) is 18.1 Å². The quantitative estimate of drug-likeness (QED) is 0.217. The molecule has 0 aromatic carbocycles. The van der Waals surface area contributed by atoms with Crippen molar-refractivity contribution in [2.75, 3.05) is 6.61 Å². The molecule has 6 aliphatic rings. The topological polar surface area (TPSA) is 137 Å². The average Bonchev–Trinajstić information content (AvgIpc) is 3.36. The van der Waals surface area contributed by atoms with Gasteiger partial charge >= 0.3 is 5.97 Å². The van der Waals surface area contributed by atoms with Crippen LogP contribution in [0.3, 0.4) is 0 Å². The van der Waals surface area contributed by atoms with Crippen molar-refractivity contribution in [2.24, 2.45) is 56.7 Å². The summed E-state index contributed by atoms with van der Waals surface area (Å²) in [6, 6.07) is 0. The number of hydrogen-bond acceptors (Lipinski definition) is 7. The molecule has 0 aromatic rings. The van der Waals surface area contributed by atoms with Gasteiger partial charge in [-0.1, -0.05) is 46.8 Å². The van der Waals surface area contributed by atoms with Gasteiger partial charge < -0.3 is 35.0 Å². The van der Waals surface area contributed by atoms with Gasteiger partial charge in [-0.25, -0.2) is 0 Å². The maximum Gasteiger partial charge on any atom is 0.309 e. The first-order valence-corrected chi connectivity index (χ1v) is 17.3. The largest absolute Gasteiger partial charge is 0.481 e. The fraction of sp³-hybridized carbons (Fsp3) is 0.917. The molecular weight excluding hydrogens is 560 g/mol. The highest BCUT2D eigenvalue weighted by Crippen LogP contribution is 2.77. The van der Waals surface area contributed by atoms with Crippen molar-refractivity contribution in [1.82, 2.24) is 0 Å². The van der Waals surface area contributed by atoms with E-state index in [1.54, 1.807) is 0 Å². The predicted molar refractivity (Wildman–Crippen MR) is 165 cm³/mol. The minimum Gasteiger partial charge on any atom is -0.481 e. The summed E-state index contributed by atoms with van der Waals surface area (Å²) in [5, 5.41) is 51.7. The number of hydrogen-bond donors (Lipinski definition) is 5. The highest BCUT2D eigenvalue weighted by molar-refractivity contribution is 5.76. The minimum absolute atomic E-state index is 0.0688. The zero-order chi connectivity index (χ0) is 32.2.